The van der Waals surface area contributed by atoms with Crippen LogP contribution in [0.3, 0.4) is 0 Å². The normalized spacial score (nSPS) is 26.2. The lowest BCUT2D eigenvalue weighted by atomic mass is 9.91. The molecule has 0 aromatic rings. The summed E-state index contributed by atoms with van der Waals surface area (Å²) in [6.07, 6.45) is 4.26. The van der Waals surface area contributed by atoms with Gasteiger partial charge in [-0.1, -0.05) is 27.2 Å². The van der Waals surface area contributed by atoms with E-state index in [2.05, 4.69) is 13.8 Å². The van der Waals surface area contributed by atoms with E-state index in [4.69, 9.17) is 5.73 Å². The molecule has 3 atom stereocenters. The fraction of sp³-hybridized carbons (Fsp3) is 0.923. The molecule has 1 heterocycles. The van der Waals surface area contributed by atoms with Crippen LogP contribution in [0.4, 0.5) is 0 Å². The Labute approximate surface area is 112 Å². The van der Waals surface area contributed by atoms with Gasteiger partial charge < -0.3 is 10.6 Å². The van der Waals surface area contributed by atoms with Crippen LogP contribution in [0.25, 0.3) is 0 Å². The van der Waals surface area contributed by atoms with Crippen LogP contribution in [-0.2, 0) is 4.79 Å². The lowest BCUT2D eigenvalue weighted by Gasteiger charge is -2.39. The van der Waals surface area contributed by atoms with Crippen LogP contribution in [0.2, 0.25) is 0 Å². The van der Waals surface area contributed by atoms with Gasteiger partial charge >= 0.3 is 0 Å². The zero-order chi connectivity index (χ0) is 12.1. The molecule has 3 unspecified atom stereocenters. The molecule has 1 rings (SSSR count). The van der Waals surface area contributed by atoms with Crippen molar-refractivity contribution in [3.63, 3.8) is 0 Å². The van der Waals surface area contributed by atoms with Crippen LogP contribution in [0.5, 0.6) is 0 Å². The number of hydrogen-bond donors (Lipinski definition) is 1. The Kier molecular flexibility index (Phi) is 7.80. The fourth-order valence-corrected chi connectivity index (χ4v) is 2.60. The molecule has 0 aromatic heterocycles. The SMILES string of the molecule is CCCC(C)C(=O)N1CCC(C)CC1CN.Cl. The topological polar surface area (TPSA) is 46.3 Å². The standard InChI is InChI=1S/C13H26N2O.ClH/c1-4-5-11(3)13(16)15-7-6-10(2)8-12(15)9-14;/h10-12H,4-9,14H2,1-3H3;1H. The van der Waals surface area contributed by atoms with Crippen molar-refractivity contribution in [2.24, 2.45) is 17.6 Å². The quantitative estimate of drug-likeness (QED) is 0.846. The molecule has 1 aliphatic rings. The minimum atomic E-state index is 0. The Morgan fingerprint density at radius 2 is 2.18 bits per heavy atom. The number of carbonyl (C=O) groups excluding carboxylic acids is 1. The minimum Gasteiger partial charge on any atom is -0.338 e. The Morgan fingerprint density at radius 3 is 2.71 bits per heavy atom. The maximum atomic E-state index is 12.2. The van der Waals surface area contributed by atoms with Crippen LogP contribution in [0, 0.1) is 11.8 Å². The summed E-state index contributed by atoms with van der Waals surface area (Å²) in [7, 11) is 0. The van der Waals surface area contributed by atoms with Crippen LogP contribution in [-0.4, -0.2) is 29.9 Å². The molecule has 0 bridgehead atoms. The van der Waals surface area contributed by atoms with Crippen LogP contribution in [0.1, 0.15) is 46.5 Å². The van der Waals surface area contributed by atoms with Crippen molar-refractivity contribution in [1.82, 2.24) is 4.90 Å². The van der Waals surface area contributed by atoms with E-state index in [1.165, 1.54) is 0 Å². The average Bonchev–Trinajstić information content (AvgIpc) is 2.28. The predicted molar refractivity (Wildman–Crippen MR) is 74.3 cm³/mol. The highest BCUT2D eigenvalue weighted by Gasteiger charge is 2.30. The fourth-order valence-electron chi connectivity index (χ4n) is 2.60. The first kappa shape index (κ1) is 16.7. The van der Waals surface area contributed by atoms with Gasteiger partial charge in [-0.3, -0.25) is 4.79 Å². The molecule has 17 heavy (non-hydrogen) atoms. The molecule has 3 nitrogen and oxygen atoms in total. The van der Waals surface area contributed by atoms with Crippen molar-refractivity contribution in [3.8, 4) is 0 Å². The van der Waals surface area contributed by atoms with Crippen molar-refractivity contribution in [2.45, 2.75) is 52.5 Å². The van der Waals surface area contributed by atoms with Gasteiger partial charge in [0, 0.05) is 25.0 Å². The third-order valence-electron chi connectivity index (χ3n) is 3.68. The lowest BCUT2D eigenvalue weighted by Crippen LogP contribution is -2.50. The number of hydrogen-bond acceptors (Lipinski definition) is 2. The molecular weight excluding hydrogens is 236 g/mol. The molecule has 4 heteroatoms. The van der Waals surface area contributed by atoms with Gasteiger partial charge in [0.25, 0.3) is 0 Å². The summed E-state index contributed by atoms with van der Waals surface area (Å²) in [5.41, 5.74) is 5.77. The Morgan fingerprint density at radius 1 is 1.53 bits per heavy atom. The summed E-state index contributed by atoms with van der Waals surface area (Å²) < 4.78 is 0. The molecule has 1 fully saturated rings. The molecule has 1 saturated heterocycles. The van der Waals surface area contributed by atoms with Gasteiger partial charge in [-0.2, -0.15) is 0 Å². The number of piperidine rings is 1. The minimum absolute atomic E-state index is 0. The first-order valence-corrected chi connectivity index (χ1v) is 6.60. The zero-order valence-electron chi connectivity index (χ0n) is 11.3. The van der Waals surface area contributed by atoms with Crippen LogP contribution < -0.4 is 5.73 Å². The van der Waals surface area contributed by atoms with E-state index in [-0.39, 0.29) is 24.4 Å². The molecule has 102 valence electrons. The first-order chi connectivity index (χ1) is 7.60. The number of nitrogens with two attached hydrogens (primary N) is 1. The molecule has 0 saturated carbocycles. The van der Waals surface area contributed by atoms with E-state index in [1.54, 1.807) is 0 Å². The number of rotatable bonds is 4. The van der Waals surface area contributed by atoms with E-state index in [9.17, 15) is 4.79 Å². The van der Waals surface area contributed by atoms with Crippen LogP contribution in [0.15, 0.2) is 0 Å². The van der Waals surface area contributed by atoms with Crippen molar-refractivity contribution >= 4 is 18.3 Å². The van der Waals surface area contributed by atoms with Crippen molar-refractivity contribution in [2.75, 3.05) is 13.1 Å². The highest BCUT2D eigenvalue weighted by molar-refractivity contribution is 5.85. The lowest BCUT2D eigenvalue weighted by molar-refractivity contribution is -0.139. The van der Waals surface area contributed by atoms with Crippen molar-refractivity contribution in [1.29, 1.82) is 0 Å². The smallest absolute Gasteiger partial charge is 0.225 e. The van der Waals surface area contributed by atoms with Gasteiger partial charge in [0.15, 0.2) is 0 Å². The number of amides is 1. The van der Waals surface area contributed by atoms with Crippen molar-refractivity contribution < 1.29 is 4.79 Å². The molecule has 0 aromatic carbocycles. The summed E-state index contributed by atoms with van der Waals surface area (Å²) in [6.45, 7) is 7.92. The van der Waals surface area contributed by atoms with E-state index in [1.807, 2.05) is 11.8 Å². The van der Waals surface area contributed by atoms with Crippen molar-refractivity contribution in [3.05, 3.63) is 0 Å². The molecule has 2 N–H and O–H groups in total. The third-order valence-corrected chi connectivity index (χ3v) is 3.68. The number of halogens is 1. The molecule has 1 amide bonds. The van der Waals surface area contributed by atoms with E-state index < -0.39 is 0 Å². The molecule has 1 aliphatic heterocycles. The van der Waals surface area contributed by atoms with Crippen LogP contribution >= 0.6 is 12.4 Å². The maximum Gasteiger partial charge on any atom is 0.225 e. The zero-order valence-corrected chi connectivity index (χ0v) is 12.1. The summed E-state index contributed by atoms with van der Waals surface area (Å²) in [6, 6.07) is 0.274. The number of nitrogens with zero attached hydrogens (tertiary/aromatic N) is 1. The monoisotopic (exact) mass is 262 g/mol. The average molecular weight is 263 g/mol. The third kappa shape index (κ3) is 4.47. The second-order valence-electron chi connectivity index (χ2n) is 5.24. The maximum absolute atomic E-state index is 12.2. The van der Waals surface area contributed by atoms with E-state index >= 15 is 0 Å². The van der Waals surface area contributed by atoms with Gasteiger partial charge in [-0.05, 0) is 25.2 Å². The second kappa shape index (κ2) is 7.93. The first-order valence-electron chi connectivity index (χ1n) is 6.60. The summed E-state index contributed by atoms with van der Waals surface area (Å²) in [4.78, 5) is 14.3. The highest BCUT2D eigenvalue weighted by Crippen LogP contribution is 2.24. The Balaban J connectivity index is 0.00000256. The summed E-state index contributed by atoms with van der Waals surface area (Å²) in [5, 5.41) is 0. The predicted octanol–water partition coefficient (Wildman–Crippen LogP) is 2.43. The molecule has 0 aliphatic carbocycles. The van der Waals surface area contributed by atoms with Gasteiger partial charge in [-0.15, -0.1) is 12.4 Å². The van der Waals surface area contributed by atoms with Gasteiger partial charge in [0.1, 0.15) is 0 Å². The summed E-state index contributed by atoms with van der Waals surface area (Å²) >= 11 is 0. The highest BCUT2D eigenvalue weighted by atomic mass is 35.5. The number of carbonyl (C=O) groups is 1. The number of likely N-dealkylation sites (tertiary alicyclic amines) is 1. The molecule has 0 radical (unpaired) electrons. The van der Waals surface area contributed by atoms with E-state index in [0.29, 0.717) is 18.4 Å². The molecular formula is C13H27ClN2O. The van der Waals surface area contributed by atoms with E-state index in [0.717, 1.165) is 32.2 Å². The van der Waals surface area contributed by atoms with Gasteiger partial charge in [-0.25, -0.2) is 0 Å². The molecule has 0 spiro atoms. The Bertz CT molecular complexity index is 235. The summed E-state index contributed by atoms with van der Waals surface area (Å²) in [5.74, 6) is 1.18. The Hall–Kier alpha value is -0.280. The van der Waals surface area contributed by atoms with Gasteiger partial charge in [0.2, 0.25) is 5.91 Å². The second-order valence-corrected chi connectivity index (χ2v) is 5.24. The largest absolute Gasteiger partial charge is 0.338 e. The van der Waals surface area contributed by atoms with Gasteiger partial charge in [0.05, 0.1) is 0 Å².